The highest BCUT2D eigenvalue weighted by Crippen LogP contribution is 2.38. The molecule has 1 saturated carbocycles. The Morgan fingerprint density at radius 2 is 1.70 bits per heavy atom. The maximum atomic E-state index is 10.9. The predicted molar refractivity (Wildman–Crippen MR) is 96.5 cm³/mol. The normalized spacial score (nSPS) is 21.1. The largest absolute Gasteiger partial charge is 0.398 e. The zero-order valence-corrected chi connectivity index (χ0v) is 13.6. The van der Waals surface area contributed by atoms with Crippen LogP contribution in [-0.4, -0.2) is 6.29 Å². The Hall–Kier alpha value is -2.29. The van der Waals surface area contributed by atoms with E-state index in [9.17, 15) is 4.79 Å². The van der Waals surface area contributed by atoms with Gasteiger partial charge in [-0.05, 0) is 54.0 Å². The van der Waals surface area contributed by atoms with Crippen molar-refractivity contribution in [3.05, 3.63) is 47.5 Å². The van der Waals surface area contributed by atoms with Gasteiger partial charge in [0.25, 0.3) is 0 Å². The third kappa shape index (κ3) is 3.24. The molecule has 0 aromatic heterocycles. The number of benzene rings is 2. The third-order valence-electron chi connectivity index (χ3n) is 5.09. The fraction of sp³-hybridized carbons (Fsp3) is 0.350. The first-order valence-electron chi connectivity index (χ1n) is 8.33. The van der Waals surface area contributed by atoms with E-state index in [1.54, 1.807) is 6.07 Å². The SMILES string of the molecule is CC1CCC(c2ccc(-c3ccc(C=O)c(N)c3)c(N)c2)CC1. The van der Waals surface area contributed by atoms with E-state index in [4.69, 9.17) is 11.5 Å². The number of hydrogen-bond donors (Lipinski definition) is 2. The molecular formula is C20H24N2O. The molecule has 2 aromatic carbocycles. The molecule has 4 N–H and O–H groups in total. The van der Waals surface area contributed by atoms with Crippen molar-refractivity contribution in [1.82, 2.24) is 0 Å². The van der Waals surface area contributed by atoms with Crippen LogP contribution in [0, 0.1) is 5.92 Å². The van der Waals surface area contributed by atoms with Crippen LogP contribution in [0.2, 0.25) is 0 Å². The summed E-state index contributed by atoms with van der Waals surface area (Å²) < 4.78 is 0. The second-order valence-electron chi connectivity index (χ2n) is 6.77. The number of hydrogen-bond acceptors (Lipinski definition) is 3. The Morgan fingerprint density at radius 1 is 0.957 bits per heavy atom. The summed E-state index contributed by atoms with van der Waals surface area (Å²) in [5, 5.41) is 0. The quantitative estimate of drug-likeness (QED) is 0.642. The Morgan fingerprint density at radius 3 is 2.30 bits per heavy atom. The lowest BCUT2D eigenvalue weighted by molar-refractivity contribution is 0.112. The van der Waals surface area contributed by atoms with Crippen molar-refractivity contribution < 1.29 is 4.79 Å². The van der Waals surface area contributed by atoms with E-state index in [2.05, 4.69) is 25.1 Å². The summed E-state index contributed by atoms with van der Waals surface area (Å²) >= 11 is 0. The van der Waals surface area contributed by atoms with Gasteiger partial charge >= 0.3 is 0 Å². The van der Waals surface area contributed by atoms with E-state index in [0.29, 0.717) is 17.2 Å². The molecule has 0 atom stereocenters. The van der Waals surface area contributed by atoms with Crippen LogP contribution in [0.3, 0.4) is 0 Å². The van der Waals surface area contributed by atoms with Gasteiger partial charge in [0, 0.05) is 22.5 Å². The minimum atomic E-state index is 0.488. The van der Waals surface area contributed by atoms with Gasteiger partial charge in [-0.1, -0.05) is 38.0 Å². The average Bonchev–Trinajstić information content (AvgIpc) is 2.55. The number of aldehydes is 1. The number of rotatable bonds is 3. The molecule has 0 amide bonds. The molecule has 1 fully saturated rings. The molecule has 0 aliphatic heterocycles. The molecular weight excluding hydrogens is 284 g/mol. The van der Waals surface area contributed by atoms with Gasteiger partial charge in [-0.15, -0.1) is 0 Å². The van der Waals surface area contributed by atoms with Crippen LogP contribution in [0.1, 0.15) is 54.4 Å². The Labute approximate surface area is 137 Å². The number of anilines is 2. The lowest BCUT2D eigenvalue weighted by Crippen LogP contribution is -2.11. The van der Waals surface area contributed by atoms with Crippen molar-refractivity contribution in [2.24, 2.45) is 5.92 Å². The van der Waals surface area contributed by atoms with Crippen molar-refractivity contribution in [3.8, 4) is 11.1 Å². The highest BCUT2D eigenvalue weighted by molar-refractivity contribution is 5.87. The number of carbonyl (C=O) groups is 1. The van der Waals surface area contributed by atoms with Crippen LogP contribution in [-0.2, 0) is 0 Å². The minimum absolute atomic E-state index is 0.488. The first-order valence-corrected chi connectivity index (χ1v) is 8.33. The lowest BCUT2D eigenvalue weighted by Gasteiger charge is -2.27. The molecule has 2 aromatic rings. The summed E-state index contributed by atoms with van der Waals surface area (Å²) in [7, 11) is 0. The van der Waals surface area contributed by atoms with Crippen LogP contribution < -0.4 is 11.5 Å². The molecule has 3 nitrogen and oxygen atoms in total. The zero-order valence-electron chi connectivity index (χ0n) is 13.6. The zero-order chi connectivity index (χ0) is 16.4. The Balaban J connectivity index is 1.87. The molecule has 3 rings (SSSR count). The molecule has 1 aliphatic carbocycles. The fourth-order valence-corrected chi connectivity index (χ4v) is 3.54. The molecule has 0 unspecified atom stereocenters. The highest BCUT2D eigenvalue weighted by Gasteiger charge is 2.20. The van der Waals surface area contributed by atoms with E-state index < -0.39 is 0 Å². The summed E-state index contributed by atoms with van der Waals surface area (Å²) in [6.45, 7) is 2.33. The smallest absolute Gasteiger partial charge is 0.152 e. The topological polar surface area (TPSA) is 69.1 Å². The van der Waals surface area contributed by atoms with Crippen LogP contribution in [0.5, 0.6) is 0 Å². The van der Waals surface area contributed by atoms with Gasteiger partial charge in [-0.25, -0.2) is 0 Å². The standard InChI is InChI=1S/C20H24N2O/c1-13-2-4-14(5-3-13)15-8-9-18(20(22)10-15)16-6-7-17(12-23)19(21)11-16/h6-14H,2-5,21-22H2,1H3. The van der Waals surface area contributed by atoms with E-state index in [1.807, 2.05) is 12.1 Å². The molecule has 0 spiro atoms. The first-order chi connectivity index (χ1) is 11.1. The summed E-state index contributed by atoms with van der Waals surface area (Å²) in [6.07, 6.45) is 5.88. The summed E-state index contributed by atoms with van der Waals surface area (Å²) in [4.78, 5) is 10.9. The van der Waals surface area contributed by atoms with Crippen LogP contribution in [0.4, 0.5) is 11.4 Å². The Bertz CT molecular complexity index is 716. The van der Waals surface area contributed by atoms with Crippen molar-refractivity contribution in [2.45, 2.75) is 38.5 Å². The van der Waals surface area contributed by atoms with Gasteiger partial charge in [0.2, 0.25) is 0 Å². The maximum Gasteiger partial charge on any atom is 0.152 e. The average molecular weight is 308 g/mol. The molecule has 0 heterocycles. The van der Waals surface area contributed by atoms with Crippen molar-refractivity contribution in [2.75, 3.05) is 11.5 Å². The first kappa shape index (κ1) is 15.6. The molecule has 0 saturated heterocycles. The fourth-order valence-electron chi connectivity index (χ4n) is 3.54. The second-order valence-corrected chi connectivity index (χ2v) is 6.77. The van der Waals surface area contributed by atoms with Crippen LogP contribution in [0.15, 0.2) is 36.4 Å². The predicted octanol–water partition coefficient (Wildman–Crippen LogP) is 4.62. The molecule has 1 aliphatic rings. The summed E-state index contributed by atoms with van der Waals surface area (Å²) in [5.74, 6) is 1.48. The maximum absolute atomic E-state index is 10.9. The van der Waals surface area contributed by atoms with Crippen molar-refractivity contribution in [3.63, 3.8) is 0 Å². The molecule has 0 radical (unpaired) electrons. The highest BCUT2D eigenvalue weighted by atomic mass is 16.1. The summed E-state index contributed by atoms with van der Waals surface area (Å²) in [6, 6.07) is 11.8. The van der Waals surface area contributed by atoms with Crippen molar-refractivity contribution >= 4 is 17.7 Å². The van der Waals surface area contributed by atoms with E-state index in [1.165, 1.54) is 31.2 Å². The molecule has 23 heavy (non-hydrogen) atoms. The second kappa shape index (κ2) is 6.45. The van der Waals surface area contributed by atoms with Gasteiger partial charge in [-0.2, -0.15) is 0 Å². The van der Waals surface area contributed by atoms with Gasteiger partial charge in [0.05, 0.1) is 0 Å². The van der Waals surface area contributed by atoms with Gasteiger partial charge in [-0.3, -0.25) is 4.79 Å². The van der Waals surface area contributed by atoms with Gasteiger partial charge in [0.1, 0.15) is 0 Å². The van der Waals surface area contributed by atoms with Gasteiger partial charge < -0.3 is 11.5 Å². The number of nitrogen functional groups attached to an aromatic ring is 2. The Kier molecular flexibility index (Phi) is 4.37. The van der Waals surface area contributed by atoms with Crippen LogP contribution >= 0.6 is 0 Å². The molecule has 120 valence electrons. The van der Waals surface area contributed by atoms with E-state index in [0.717, 1.165) is 29.0 Å². The monoisotopic (exact) mass is 308 g/mol. The van der Waals surface area contributed by atoms with E-state index in [-0.39, 0.29) is 0 Å². The molecule has 0 bridgehead atoms. The van der Waals surface area contributed by atoms with E-state index >= 15 is 0 Å². The lowest BCUT2D eigenvalue weighted by atomic mass is 9.79. The minimum Gasteiger partial charge on any atom is -0.398 e. The number of nitrogens with two attached hydrogens (primary N) is 2. The van der Waals surface area contributed by atoms with Crippen LogP contribution in [0.25, 0.3) is 11.1 Å². The third-order valence-corrected chi connectivity index (χ3v) is 5.09. The summed E-state index contributed by atoms with van der Waals surface area (Å²) in [5.41, 5.74) is 17.3. The van der Waals surface area contributed by atoms with Crippen molar-refractivity contribution in [1.29, 1.82) is 0 Å². The molecule has 3 heteroatoms. The van der Waals surface area contributed by atoms with Gasteiger partial charge in [0.15, 0.2) is 6.29 Å². The number of carbonyl (C=O) groups excluding carboxylic acids is 1.